The molecule has 4 rings (SSSR count). The number of nitrogens with one attached hydrogen (secondary N) is 1. The number of para-hydroxylation sites is 2. The van der Waals surface area contributed by atoms with E-state index < -0.39 is 0 Å². The molecule has 1 aliphatic rings. The Labute approximate surface area is 164 Å². The molecule has 28 heavy (non-hydrogen) atoms. The molecule has 0 aromatic heterocycles. The molecule has 1 aliphatic heterocycles. The third-order valence-corrected chi connectivity index (χ3v) is 5.04. The number of methoxy groups -OCH3 is 1. The van der Waals surface area contributed by atoms with Crippen molar-refractivity contribution in [1.82, 2.24) is 5.32 Å². The number of ether oxygens (including phenoxy) is 3. The Morgan fingerprint density at radius 3 is 2.68 bits per heavy atom. The zero-order chi connectivity index (χ0) is 19.5. The van der Waals surface area contributed by atoms with Gasteiger partial charge in [-0.2, -0.15) is 0 Å². The average Bonchev–Trinajstić information content (AvgIpc) is 2.76. The first kappa shape index (κ1) is 18.2. The molecule has 5 heteroatoms. The first-order chi connectivity index (χ1) is 13.6. The van der Waals surface area contributed by atoms with Crippen LogP contribution in [0.3, 0.4) is 0 Å². The van der Waals surface area contributed by atoms with E-state index in [2.05, 4.69) is 11.4 Å². The number of carbonyl (C=O) groups is 1. The molecule has 0 radical (unpaired) electrons. The first-order valence-corrected chi connectivity index (χ1v) is 9.38. The molecule has 0 bridgehead atoms. The fraction of sp³-hybridized carbons (Fsp3) is 0.261. The molecule has 3 aromatic carbocycles. The van der Waals surface area contributed by atoms with Crippen molar-refractivity contribution in [3.05, 3.63) is 66.2 Å². The zero-order valence-electron chi connectivity index (χ0n) is 16.0. The molecule has 2 unspecified atom stereocenters. The van der Waals surface area contributed by atoms with Gasteiger partial charge in [0.1, 0.15) is 18.5 Å². The van der Waals surface area contributed by atoms with Crippen molar-refractivity contribution in [2.45, 2.75) is 18.9 Å². The molecule has 0 spiro atoms. The van der Waals surface area contributed by atoms with E-state index in [1.807, 2.05) is 61.5 Å². The van der Waals surface area contributed by atoms with Gasteiger partial charge in [0.15, 0.2) is 11.5 Å². The second kappa shape index (κ2) is 7.80. The van der Waals surface area contributed by atoms with Gasteiger partial charge in [0.2, 0.25) is 5.91 Å². The summed E-state index contributed by atoms with van der Waals surface area (Å²) < 4.78 is 16.9. The molecule has 1 amide bonds. The van der Waals surface area contributed by atoms with Crippen molar-refractivity contribution in [3.63, 3.8) is 0 Å². The highest BCUT2D eigenvalue weighted by Gasteiger charge is 2.22. The molecule has 5 nitrogen and oxygen atoms in total. The third kappa shape index (κ3) is 3.74. The van der Waals surface area contributed by atoms with Crippen LogP contribution in [0.4, 0.5) is 0 Å². The lowest BCUT2D eigenvalue weighted by Gasteiger charge is -2.27. The van der Waals surface area contributed by atoms with Gasteiger partial charge in [-0.25, -0.2) is 0 Å². The van der Waals surface area contributed by atoms with Crippen molar-refractivity contribution in [2.75, 3.05) is 20.3 Å². The minimum absolute atomic E-state index is 0.0321. The number of fused-ring (bicyclic) bond motifs is 2. The first-order valence-electron chi connectivity index (χ1n) is 9.38. The largest absolute Gasteiger partial charge is 0.497 e. The summed E-state index contributed by atoms with van der Waals surface area (Å²) in [5, 5.41) is 5.15. The minimum atomic E-state index is -0.261. The molecular formula is C23H23NO4. The predicted molar refractivity (Wildman–Crippen MR) is 108 cm³/mol. The van der Waals surface area contributed by atoms with Crippen LogP contribution in [0.25, 0.3) is 10.8 Å². The van der Waals surface area contributed by atoms with Crippen molar-refractivity contribution in [2.24, 2.45) is 0 Å². The van der Waals surface area contributed by atoms with E-state index in [9.17, 15) is 4.79 Å². The van der Waals surface area contributed by atoms with Crippen LogP contribution in [0, 0.1) is 0 Å². The highest BCUT2D eigenvalue weighted by Crippen LogP contribution is 2.31. The van der Waals surface area contributed by atoms with Crippen LogP contribution in [0.5, 0.6) is 17.2 Å². The molecule has 0 saturated heterocycles. The predicted octanol–water partition coefficient (Wildman–Crippen LogP) is 3.91. The van der Waals surface area contributed by atoms with Gasteiger partial charge in [0.25, 0.3) is 0 Å². The van der Waals surface area contributed by atoms with Crippen molar-refractivity contribution in [3.8, 4) is 17.2 Å². The number of hydrogen-bond donors (Lipinski definition) is 1. The van der Waals surface area contributed by atoms with E-state index in [1.165, 1.54) is 0 Å². The molecule has 3 aromatic rings. The maximum atomic E-state index is 12.6. The van der Waals surface area contributed by atoms with Crippen molar-refractivity contribution >= 4 is 16.7 Å². The maximum Gasteiger partial charge on any atom is 0.227 e. The monoisotopic (exact) mass is 377 g/mol. The van der Waals surface area contributed by atoms with Crippen LogP contribution in [0.15, 0.2) is 60.7 Å². The highest BCUT2D eigenvalue weighted by atomic mass is 16.6. The summed E-state index contributed by atoms with van der Waals surface area (Å²) >= 11 is 0. The van der Waals surface area contributed by atoms with Crippen LogP contribution in [0.1, 0.15) is 18.4 Å². The summed E-state index contributed by atoms with van der Waals surface area (Å²) in [7, 11) is 1.65. The summed E-state index contributed by atoms with van der Waals surface area (Å²) in [6.45, 7) is 2.74. The van der Waals surface area contributed by atoms with Crippen LogP contribution >= 0.6 is 0 Å². The lowest BCUT2D eigenvalue weighted by atomic mass is 9.97. The normalized spacial score (nSPS) is 16.4. The number of benzene rings is 3. The molecule has 2 atom stereocenters. The standard InChI is InChI=1S/C23H23NO4/c1-15(16-7-8-18-12-19(26-2)10-9-17(18)11-16)23(25)24-13-20-14-27-21-5-3-4-6-22(21)28-20/h3-12,15,20H,13-14H2,1-2H3,(H,24,25). The lowest BCUT2D eigenvalue weighted by Crippen LogP contribution is -2.41. The van der Waals surface area contributed by atoms with Crippen molar-refractivity contribution < 1.29 is 19.0 Å². The summed E-state index contributed by atoms with van der Waals surface area (Å²) in [5.74, 6) is 1.98. The van der Waals surface area contributed by atoms with E-state index in [4.69, 9.17) is 14.2 Å². The van der Waals surface area contributed by atoms with Gasteiger partial charge < -0.3 is 19.5 Å². The van der Waals surface area contributed by atoms with Gasteiger partial charge in [0, 0.05) is 0 Å². The Morgan fingerprint density at radius 1 is 1.11 bits per heavy atom. The average molecular weight is 377 g/mol. The summed E-state index contributed by atoms with van der Waals surface area (Å²) in [5.41, 5.74) is 0.973. The van der Waals surface area contributed by atoms with Crippen LogP contribution in [0.2, 0.25) is 0 Å². The summed E-state index contributed by atoms with van der Waals surface area (Å²) in [4.78, 5) is 12.6. The smallest absolute Gasteiger partial charge is 0.227 e. The molecular weight excluding hydrogens is 354 g/mol. The van der Waals surface area contributed by atoms with Gasteiger partial charge in [-0.3, -0.25) is 4.79 Å². The van der Waals surface area contributed by atoms with Crippen LogP contribution in [-0.2, 0) is 4.79 Å². The Bertz CT molecular complexity index is 1000. The van der Waals surface area contributed by atoms with Gasteiger partial charge in [-0.05, 0) is 47.5 Å². The molecule has 1 heterocycles. The molecule has 0 saturated carbocycles. The molecule has 1 N–H and O–H groups in total. The summed E-state index contributed by atoms with van der Waals surface area (Å²) in [6.07, 6.45) is -0.199. The summed E-state index contributed by atoms with van der Waals surface area (Å²) in [6, 6.07) is 19.5. The molecule has 0 aliphatic carbocycles. The Morgan fingerprint density at radius 2 is 1.86 bits per heavy atom. The number of carbonyl (C=O) groups excluding carboxylic acids is 1. The van der Waals surface area contributed by atoms with Gasteiger partial charge in [-0.1, -0.05) is 36.4 Å². The quantitative estimate of drug-likeness (QED) is 0.732. The Balaban J connectivity index is 1.39. The zero-order valence-corrected chi connectivity index (χ0v) is 16.0. The lowest BCUT2D eigenvalue weighted by molar-refractivity contribution is -0.122. The highest BCUT2D eigenvalue weighted by molar-refractivity contribution is 5.88. The van der Waals surface area contributed by atoms with E-state index >= 15 is 0 Å². The molecule has 0 fully saturated rings. The van der Waals surface area contributed by atoms with Crippen molar-refractivity contribution in [1.29, 1.82) is 0 Å². The minimum Gasteiger partial charge on any atom is -0.497 e. The molecule has 144 valence electrons. The topological polar surface area (TPSA) is 56.8 Å². The van der Waals surface area contributed by atoms with Gasteiger partial charge in [0.05, 0.1) is 19.6 Å². The number of amides is 1. The number of hydrogen-bond acceptors (Lipinski definition) is 4. The van der Waals surface area contributed by atoms with E-state index in [0.717, 1.165) is 27.8 Å². The second-order valence-corrected chi connectivity index (χ2v) is 6.94. The van der Waals surface area contributed by atoms with Gasteiger partial charge >= 0.3 is 0 Å². The van der Waals surface area contributed by atoms with E-state index in [-0.39, 0.29) is 17.9 Å². The van der Waals surface area contributed by atoms with E-state index in [0.29, 0.717) is 18.9 Å². The second-order valence-electron chi connectivity index (χ2n) is 6.94. The Hall–Kier alpha value is -3.21. The SMILES string of the molecule is COc1ccc2cc(C(C)C(=O)NCC3COc4ccccc4O3)ccc2c1. The van der Waals surface area contributed by atoms with E-state index in [1.54, 1.807) is 7.11 Å². The fourth-order valence-electron chi connectivity index (χ4n) is 3.32. The van der Waals surface area contributed by atoms with Gasteiger partial charge in [-0.15, -0.1) is 0 Å². The fourth-order valence-corrected chi connectivity index (χ4v) is 3.32. The number of rotatable bonds is 5. The van der Waals surface area contributed by atoms with Crippen LogP contribution in [-0.4, -0.2) is 32.3 Å². The Kier molecular flexibility index (Phi) is 5.06. The maximum absolute atomic E-state index is 12.6. The van der Waals surface area contributed by atoms with Crippen LogP contribution < -0.4 is 19.5 Å². The third-order valence-electron chi connectivity index (χ3n) is 5.04.